The van der Waals surface area contributed by atoms with E-state index in [-0.39, 0.29) is 25.4 Å². The van der Waals surface area contributed by atoms with Crippen molar-refractivity contribution in [1.82, 2.24) is 10.2 Å². The maximum atomic E-state index is 12.7. The van der Waals surface area contributed by atoms with Crippen LogP contribution in [0.1, 0.15) is 16.8 Å². The number of H-pyrrole nitrogens is 1. The van der Waals surface area contributed by atoms with Gasteiger partial charge in [0.2, 0.25) is 6.79 Å². The lowest BCUT2D eigenvalue weighted by molar-refractivity contribution is -0.141. The molecule has 2 aromatic rings. The van der Waals surface area contributed by atoms with Gasteiger partial charge in [0.1, 0.15) is 5.69 Å². The van der Waals surface area contributed by atoms with Crippen molar-refractivity contribution in [2.24, 2.45) is 0 Å². The van der Waals surface area contributed by atoms with Crippen LogP contribution in [0.2, 0.25) is 5.02 Å². The van der Waals surface area contributed by atoms with Crippen LogP contribution in [-0.4, -0.2) is 29.6 Å². The molecule has 0 saturated carbocycles. The highest BCUT2D eigenvalue weighted by Crippen LogP contribution is 2.40. The van der Waals surface area contributed by atoms with Crippen molar-refractivity contribution in [2.75, 3.05) is 13.4 Å². The van der Waals surface area contributed by atoms with Crippen LogP contribution in [0, 0.1) is 0 Å². The lowest BCUT2D eigenvalue weighted by Gasteiger charge is -2.06. The average Bonchev–Trinajstić information content (AvgIpc) is 3.21. The molecule has 0 amide bonds. The summed E-state index contributed by atoms with van der Waals surface area (Å²) < 4.78 is 53.3. The van der Waals surface area contributed by atoms with Crippen molar-refractivity contribution in [3.63, 3.8) is 0 Å². The molecule has 0 bridgehead atoms. The molecule has 3 rings (SSSR count). The molecule has 1 N–H and O–H groups in total. The summed E-state index contributed by atoms with van der Waals surface area (Å²) in [5, 5.41) is 5.60. The predicted molar refractivity (Wildman–Crippen MR) is 84.9 cm³/mol. The van der Waals surface area contributed by atoms with Gasteiger partial charge in [-0.1, -0.05) is 11.6 Å². The first kappa shape index (κ1) is 18.1. The molecule has 2 heterocycles. The summed E-state index contributed by atoms with van der Waals surface area (Å²) in [5.74, 6) is 0.202. The highest BCUT2D eigenvalue weighted by molar-refractivity contribution is 6.32. The molecule has 10 heteroatoms. The first-order valence-electron chi connectivity index (χ1n) is 7.38. The fourth-order valence-electron chi connectivity index (χ4n) is 2.30. The second-order valence-corrected chi connectivity index (χ2v) is 5.66. The number of aromatic amines is 1. The van der Waals surface area contributed by atoms with Crippen LogP contribution in [0.15, 0.2) is 24.4 Å². The lowest BCUT2D eigenvalue weighted by Crippen LogP contribution is -2.11. The smallest absolute Gasteiger partial charge is 0.433 e. The van der Waals surface area contributed by atoms with E-state index in [1.54, 1.807) is 12.1 Å². The molecular weight excluding hydrogens is 377 g/mol. The Morgan fingerprint density at radius 2 is 2.19 bits per heavy atom. The Morgan fingerprint density at radius 1 is 1.38 bits per heavy atom. The minimum absolute atomic E-state index is 0.0676. The van der Waals surface area contributed by atoms with Gasteiger partial charge in [-0.15, -0.1) is 0 Å². The van der Waals surface area contributed by atoms with E-state index in [1.807, 2.05) is 5.10 Å². The van der Waals surface area contributed by atoms with Gasteiger partial charge in [0.05, 0.1) is 17.8 Å². The Kier molecular flexibility index (Phi) is 5.08. The fourth-order valence-corrected chi connectivity index (χ4v) is 2.58. The van der Waals surface area contributed by atoms with Crippen molar-refractivity contribution >= 4 is 23.6 Å². The lowest BCUT2D eigenvalue weighted by atomic mass is 10.2. The van der Waals surface area contributed by atoms with Crippen LogP contribution < -0.4 is 9.47 Å². The summed E-state index contributed by atoms with van der Waals surface area (Å²) in [6.45, 7) is -0.147. The third-order valence-electron chi connectivity index (χ3n) is 3.48. The van der Waals surface area contributed by atoms with Crippen LogP contribution >= 0.6 is 11.6 Å². The summed E-state index contributed by atoms with van der Waals surface area (Å²) in [5.41, 5.74) is -0.429. The van der Waals surface area contributed by atoms with Crippen molar-refractivity contribution in [2.45, 2.75) is 12.6 Å². The van der Waals surface area contributed by atoms with E-state index in [1.165, 1.54) is 6.08 Å². The molecule has 26 heavy (non-hydrogen) atoms. The van der Waals surface area contributed by atoms with Crippen molar-refractivity contribution in [3.8, 4) is 11.5 Å². The number of benzene rings is 1. The zero-order chi connectivity index (χ0) is 18.7. The number of rotatable bonds is 5. The van der Waals surface area contributed by atoms with Gasteiger partial charge in [-0.05, 0) is 23.8 Å². The molecule has 6 nitrogen and oxygen atoms in total. The number of carbonyl (C=O) groups excluding carboxylic acids is 1. The monoisotopic (exact) mass is 388 g/mol. The van der Waals surface area contributed by atoms with Gasteiger partial charge in [-0.25, -0.2) is 4.79 Å². The Morgan fingerprint density at radius 3 is 2.96 bits per heavy atom. The molecule has 1 aliphatic heterocycles. The number of halogens is 4. The van der Waals surface area contributed by atoms with Crippen LogP contribution in [-0.2, 0) is 22.1 Å². The first-order chi connectivity index (χ1) is 12.3. The molecule has 0 saturated heterocycles. The van der Waals surface area contributed by atoms with Crippen LogP contribution in [0.5, 0.6) is 11.5 Å². The Bertz CT molecular complexity index is 849. The van der Waals surface area contributed by atoms with E-state index in [0.29, 0.717) is 22.1 Å². The van der Waals surface area contributed by atoms with Gasteiger partial charge >= 0.3 is 12.1 Å². The second kappa shape index (κ2) is 7.28. The van der Waals surface area contributed by atoms with Crippen molar-refractivity contribution in [1.29, 1.82) is 0 Å². The molecule has 138 valence electrons. The molecule has 0 radical (unpaired) electrons. The third-order valence-corrected chi connectivity index (χ3v) is 3.76. The molecular formula is C16H12ClF3N2O4. The maximum absolute atomic E-state index is 12.7. The van der Waals surface area contributed by atoms with Gasteiger partial charge in [-0.3, -0.25) is 5.10 Å². The molecule has 0 unspecified atom stereocenters. The second-order valence-electron chi connectivity index (χ2n) is 5.26. The zero-order valence-corrected chi connectivity index (χ0v) is 13.9. The zero-order valence-electron chi connectivity index (χ0n) is 13.1. The topological polar surface area (TPSA) is 73.4 Å². The van der Waals surface area contributed by atoms with Gasteiger partial charge in [0.25, 0.3) is 0 Å². The van der Waals surface area contributed by atoms with Crippen molar-refractivity contribution < 1.29 is 32.2 Å². The number of nitrogens with one attached hydrogen (secondary N) is 1. The minimum Gasteiger partial charge on any atom is -0.462 e. The normalized spacial score (nSPS) is 13.4. The number of alkyl halides is 3. The Hall–Kier alpha value is -2.68. The quantitative estimate of drug-likeness (QED) is 0.625. The van der Waals surface area contributed by atoms with E-state index in [4.69, 9.17) is 25.8 Å². The van der Waals surface area contributed by atoms with Crippen LogP contribution in [0.3, 0.4) is 0 Å². The van der Waals surface area contributed by atoms with Gasteiger partial charge < -0.3 is 14.2 Å². The number of esters is 1. The fraction of sp³-hybridized carbons (Fsp3) is 0.250. The van der Waals surface area contributed by atoms with Crippen LogP contribution in [0.4, 0.5) is 13.2 Å². The van der Waals surface area contributed by atoms with Crippen LogP contribution in [0.25, 0.3) is 6.08 Å². The number of fused-ring (bicyclic) bond motifs is 1. The molecule has 1 aromatic carbocycles. The third kappa shape index (κ3) is 4.10. The van der Waals surface area contributed by atoms with Gasteiger partial charge in [0.15, 0.2) is 11.5 Å². The highest BCUT2D eigenvalue weighted by atomic mass is 35.5. The number of carbonyl (C=O) groups is 1. The van der Waals surface area contributed by atoms with E-state index in [9.17, 15) is 18.0 Å². The number of hydrogen-bond donors (Lipinski definition) is 1. The average molecular weight is 389 g/mol. The summed E-state index contributed by atoms with van der Waals surface area (Å²) >= 11 is 6.03. The molecule has 1 aliphatic rings. The molecule has 0 spiro atoms. The van der Waals surface area contributed by atoms with E-state index >= 15 is 0 Å². The molecule has 1 aromatic heterocycles. The van der Waals surface area contributed by atoms with Gasteiger partial charge in [0, 0.05) is 18.1 Å². The number of ether oxygens (including phenoxy) is 3. The molecule has 0 aliphatic carbocycles. The number of aromatic nitrogens is 2. The summed E-state index contributed by atoms with van der Waals surface area (Å²) in [7, 11) is 0. The molecule has 0 atom stereocenters. The maximum Gasteiger partial charge on any atom is 0.433 e. The largest absolute Gasteiger partial charge is 0.462 e. The summed E-state index contributed by atoms with van der Waals surface area (Å²) in [6, 6.07) is 3.22. The standard InChI is InChI=1S/C16H12ClF3N2O4/c17-11-5-9(6-12-14(11)26-8-25-12)1-2-13(23)24-4-3-10-7-21-22-15(10)16(18,19)20/h1-2,5-7H,3-4,8H2,(H,21,22). The van der Waals surface area contributed by atoms with E-state index < -0.39 is 17.8 Å². The first-order valence-corrected chi connectivity index (χ1v) is 7.76. The van der Waals surface area contributed by atoms with E-state index in [0.717, 1.165) is 12.3 Å². The Balaban J connectivity index is 1.54. The van der Waals surface area contributed by atoms with Gasteiger partial charge in [-0.2, -0.15) is 18.3 Å². The predicted octanol–water partition coefficient (Wildman–Crippen LogP) is 3.61. The highest BCUT2D eigenvalue weighted by Gasteiger charge is 2.35. The minimum atomic E-state index is -4.53. The van der Waals surface area contributed by atoms with Crippen molar-refractivity contribution in [3.05, 3.63) is 46.2 Å². The SMILES string of the molecule is O=C(C=Cc1cc(Cl)c2c(c1)OCO2)OCCc1cn[nH]c1C(F)(F)F. The number of hydrogen-bond acceptors (Lipinski definition) is 5. The molecule has 0 fully saturated rings. The Labute approximate surface area is 150 Å². The van der Waals surface area contributed by atoms with E-state index in [2.05, 4.69) is 5.10 Å². The summed E-state index contributed by atoms with van der Waals surface area (Å²) in [6.07, 6.45) is -0.987. The number of nitrogens with zero attached hydrogens (tertiary/aromatic N) is 1. The summed E-state index contributed by atoms with van der Waals surface area (Å²) in [4.78, 5) is 11.7.